The number of para-hydroxylation sites is 2. The lowest BCUT2D eigenvalue weighted by atomic mass is 10.0. The molecule has 2 aromatic rings. The van der Waals surface area contributed by atoms with Crippen LogP contribution in [0, 0.1) is 0 Å². The van der Waals surface area contributed by atoms with Gasteiger partial charge in [-0.1, -0.05) is 55.3 Å². The van der Waals surface area contributed by atoms with Crippen molar-refractivity contribution >= 4 is 28.7 Å². The van der Waals surface area contributed by atoms with Gasteiger partial charge in [0.1, 0.15) is 5.84 Å². The minimum absolute atomic E-state index is 0.00809. The summed E-state index contributed by atoms with van der Waals surface area (Å²) in [6, 6.07) is 18.0. The fourth-order valence-electron chi connectivity index (χ4n) is 4.01. The highest BCUT2D eigenvalue weighted by Crippen LogP contribution is 2.32. The van der Waals surface area contributed by atoms with E-state index in [0.717, 1.165) is 41.3 Å². The van der Waals surface area contributed by atoms with E-state index in [1.807, 2.05) is 61.5 Å². The van der Waals surface area contributed by atoms with Gasteiger partial charge in [-0.05, 0) is 50.6 Å². The van der Waals surface area contributed by atoms with Crippen LogP contribution in [0.25, 0.3) is 5.57 Å². The van der Waals surface area contributed by atoms with Crippen LogP contribution in [0.2, 0.25) is 0 Å². The van der Waals surface area contributed by atoms with E-state index in [1.54, 1.807) is 0 Å². The number of nitrogens with zero attached hydrogens (tertiary/aromatic N) is 2. The monoisotopic (exact) mass is 388 g/mol. The molecule has 0 unspecified atom stereocenters. The van der Waals surface area contributed by atoms with Gasteiger partial charge in [0.25, 0.3) is 0 Å². The first-order valence-corrected chi connectivity index (χ1v) is 10.4. The number of fused-ring (bicyclic) bond motifs is 1. The van der Waals surface area contributed by atoms with Crippen LogP contribution in [0.3, 0.4) is 0 Å². The number of hydrogen-bond donors (Lipinski definition) is 2. The molecule has 0 bridgehead atoms. The van der Waals surface area contributed by atoms with Crippen molar-refractivity contribution in [1.82, 2.24) is 10.2 Å². The summed E-state index contributed by atoms with van der Waals surface area (Å²) in [5, 5.41) is 6.59. The molecular weight excluding hydrogens is 360 g/mol. The summed E-state index contributed by atoms with van der Waals surface area (Å²) in [5.41, 5.74) is 4.68. The quantitative estimate of drug-likeness (QED) is 0.810. The molecule has 4 rings (SSSR count). The number of carbonyl (C=O) groups excluding carboxylic acids is 1. The first kappa shape index (κ1) is 19.4. The number of likely N-dealkylation sites (tertiary alicyclic amines) is 1. The van der Waals surface area contributed by atoms with Crippen LogP contribution < -0.4 is 10.6 Å². The average molecular weight is 389 g/mol. The van der Waals surface area contributed by atoms with Crippen molar-refractivity contribution in [2.45, 2.75) is 32.6 Å². The van der Waals surface area contributed by atoms with Gasteiger partial charge in [0.2, 0.25) is 5.91 Å². The summed E-state index contributed by atoms with van der Waals surface area (Å²) in [7, 11) is 0. The zero-order valence-electron chi connectivity index (χ0n) is 16.9. The minimum Gasteiger partial charge on any atom is -0.357 e. The average Bonchev–Trinajstić information content (AvgIpc) is 3.05. The van der Waals surface area contributed by atoms with Gasteiger partial charge in [0, 0.05) is 11.3 Å². The van der Waals surface area contributed by atoms with Crippen molar-refractivity contribution in [2.24, 2.45) is 4.99 Å². The Morgan fingerprint density at radius 3 is 2.45 bits per heavy atom. The maximum atomic E-state index is 12.9. The van der Waals surface area contributed by atoms with Gasteiger partial charge in [-0.2, -0.15) is 0 Å². The topological polar surface area (TPSA) is 56.7 Å². The van der Waals surface area contributed by atoms with Crippen molar-refractivity contribution in [3.8, 4) is 0 Å². The van der Waals surface area contributed by atoms with Gasteiger partial charge >= 0.3 is 0 Å². The molecule has 2 aromatic carbocycles. The predicted octanol–water partition coefficient (Wildman–Crippen LogP) is 4.57. The van der Waals surface area contributed by atoms with Crippen molar-refractivity contribution in [1.29, 1.82) is 0 Å². The standard InChI is InChI=1S/C24H28N4O/c1-18-23(19-11-5-4-6-12-19)24(26-21-14-8-7-13-20(21)25-18)27-22(29)17-28-15-9-2-3-10-16-28/h4-8,11-14,25H,2-3,9-10,15-17H2,1H3,(H,26,27,29). The third-order valence-electron chi connectivity index (χ3n) is 5.46. The third-order valence-corrected chi connectivity index (χ3v) is 5.46. The lowest BCUT2D eigenvalue weighted by Crippen LogP contribution is -2.41. The summed E-state index contributed by atoms with van der Waals surface area (Å²) in [4.78, 5) is 20.0. The van der Waals surface area contributed by atoms with E-state index in [0.29, 0.717) is 12.4 Å². The number of allylic oxidation sites excluding steroid dienone is 1. The second-order valence-corrected chi connectivity index (χ2v) is 7.71. The number of anilines is 1. The fraction of sp³-hybridized carbons (Fsp3) is 0.333. The molecule has 150 valence electrons. The Hall–Kier alpha value is -2.92. The fourth-order valence-corrected chi connectivity index (χ4v) is 4.01. The maximum Gasteiger partial charge on any atom is 0.239 e. The predicted molar refractivity (Wildman–Crippen MR) is 119 cm³/mol. The third kappa shape index (κ3) is 4.74. The Kier molecular flexibility index (Phi) is 6.06. The van der Waals surface area contributed by atoms with E-state index in [-0.39, 0.29) is 5.91 Å². The van der Waals surface area contributed by atoms with E-state index in [4.69, 9.17) is 4.99 Å². The van der Waals surface area contributed by atoms with Crippen molar-refractivity contribution in [2.75, 3.05) is 25.0 Å². The summed E-state index contributed by atoms with van der Waals surface area (Å²) >= 11 is 0. The maximum absolute atomic E-state index is 12.9. The number of rotatable bonds is 3. The van der Waals surface area contributed by atoms with Crippen LogP contribution in [0.15, 0.2) is 65.3 Å². The number of amidine groups is 1. The van der Waals surface area contributed by atoms with E-state index in [2.05, 4.69) is 15.5 Å². The molecule has 1 amide bonds. The molecule has 0 atom stereocenters. The number of benzene rings is 2. The molecule has 2 aliphatic rings. The molecule has 1 saturated heterocycles. The molecule has 0 aliphatic carbocycles. The Morgan fingerprint density at radius 1 is 1.00 bits per heavy atom. The molecule has 2 aliphatic heterocycles. The minimum atomic E-state index is -0.00809. The molecule has 0 spiro atoms. The number of aliphatic imine (C=N–C) groups is 1. The van der Waals surface area contributed by atoms with E-state index in [1.165, 1.54) is 25.7 Å². The van der Waals surface area contributed by atoms with Gasteiger partial charge < -0.3 is 10.6 Å². The molecule has 5 heteroatoms. The molecule has 1 fully saturated rings. The van der Waals surface area contributed by atoms with Crippen LogP contribution in [0.4, 0.5) is 11.4 Å². The van der Waals surface area contributed by atoms with Crippen molar-refractivity contribution in [3.63, 3.8) is 0 Å². The van der Waals surface area contributed by atoms with Crippen LogP contribution >= 0.6 is 0 Å². The number of carbonyl (C=O) groups is 1. The second kappa shape index (κ2) is 9.05. The molecular formula is C24H28N4O. The van der Waals surface area contributed by atoms with Gasteiger partial charge in [0.05, 0.1) is 17.9 Å². The molecule has 2 heterocycles. The summed E-state index contributed by atoms with van der Waals surface area (Å²) in [6.07, 6.45) is 4.85. The highest BCUT2D eigenvalue weighted by Gasteiger charge is 2.21. The summed E-state index contributed by atoms with van der Waals surface area (Å²) < 4.78 is 0. The Bertz CT molecular complexity index is 925. The molecule has 29 heavy (non-hydrogen) atoms. The van der Waals surface area contributed by atoms with Crippen LogP contribution in [-0.2, 0) is 4.79 Å². The first-order chi connectivity index (χ1) is 14.2. The number of nitrogens with one attached hydrogen (secondary N) is 2. The molecule has 0 radical (unpaired) electrons. The lowest BCUT2D eigenvalue weighted by Gasteiger charge is -2.20. The molecule has 5 nitrogen and oxygen atoms in total. The van der Waals surface area contributed by atoms with Crippen LogP contribution in [0.5, 0.6) is 0 Å². The van der Waals surface area contributed by atoms with E-state index < -0.39 is 0 Å². The van der Waals surface area contributed by atoms with Crippen molar-refractivity contribution in [3.05, 3.63) is 65.9 Å². The Balaban J connectivity index is 1.64. The Morgan fingerprint density at radius 2 is 1.69 bits per heavy atom. The first-order valence-electron chi connectivity index (χ1n) is 10.4. The number of hydrogen-bond acceptors (Lipinski definition) is 4. The normalized spacial score (nSPS) is 17.5. The van der Waals surface area contributed by atoms with Gasteiger partial charge in [-0.15, -0.1) is 0 Å². The molecule has 0 aromatic heterocycles. The Labute approximate surface area is 172 Å². The number of amides is 1. The zero-order valence-corrected chi connectivity index (χ0v) is 16.9. The highest BCUT2D eigenvalue weighted by atomic mass is 16.2. The summed E-state index contributed by atoms with van der Waals surface area (Å²) in [6.45, 7) is 4.42. The van der Waals surface area contributed by atoms with E-state index in [9.17, 15) is 4.79 Å². The van der Waals surface area contributed by atoms with Gasteiger partial charge in [-0.25, -0.2) is 4.99 Å². The van der Waals surface area contributed by atoms with Crippen LogP contribution in [0.1, 0.15) is 38.2 Å². The SMILES string of the molecule is CC1=C(c2ccccc2)C(NC(=O)CN2CCCCCC2)=Nc2ccccc2N1. The smallest absolute Gasteiger partial charge is 0.239 e. The second-order valence-electron chi connectivity index (χ2n) is 7.71. The highest BCUT2D eigenvalue weighted by molar-refractivity contribution is 6.29. The molecule has 2 N–H and O–H groups in total. The molecule has 0 saturated carbocycles. The largest absolute Gasteiger partial charge is 0.357 e. The van der Waals surface area contributed by atoms with Crippen LogP contribution in [-0.4, -0.2) is 36.3 Å². The van der Waals surface area contributed by atoms with Gasteiger partial charge in [0.15, 0.2) is 0 Å². The zero-order chi connectivity index (χ0) is 20.1. The van der Waals surface area contributed by atoms with Crippen molar-refractivity contribution < 1.29 is 4.79 Å². The summed E-state index contributed by atoms with van der Waals surface area (Å²) in [5.74, 6) is 0.595. The van der Waals surface area contributed by atoms with E-state index >= 15 is 0 Å². The lowest BCUT2D eigenvalue weighted by molar-refractivity contribution is -0.120. The van der Waals surface area contributed by atoms with Gasteiger partial charge in [-0.3, -0.25) is 9.69 Å².